The van der Waals surface area contributed by atoms with Crippen molar-refractivity contribution in [3.8, 4) is 0 Å². The van der Waals surface area contributed by atoms with Gasteiger partial charge in [-0.3, -0.25) is 5.32 Å². The second kappa shape index (κ2) is 5.40. The first-order chi connectivity index (χ1) is 8.24. The van der Waals surface area contributed by atoms with Crippen LogP contribution < -0.4 is 5.32 Å². The van der Waals surface area contributed by atoms with E-state index in [0.29, 0.717) is 6.54 Å². The molecule has 0 aliphatic rings. The lowest BCUT2D eigenvalue weighted by Crippen LogP contribution is -2.42. The number of aliphatic hydroxyl groups is 1. The van der Waals surface area contributed by atoms with Gasteiger partial charge in [-0.05, 0) is 12.5 Å². The third-order valence-corrected chi connectivity index (χ3v) is 3.62. The van der Waals surface area contributed by atoms with Gasteiger partial charge < -0.3 is 5.11 Å². The normalized spacial score (nSPS) is 14.5. The van der Waals surface area contributed by atoms with Crippen molar-refractivity contribution in [1.29, 1.82) is 0 Å². The lowest BCUT2D eigenvalue weighted by molar-refractivity contribution is 0.173. The summed E-state index contributed by atoms with van der Waals surface area (Å²) in [5.74, 6) is 0. The van der Waals surface area contributed by atoms with Gasteiger partial charge in [0.1, 0.15) is 5.01 Å². The SMILES string of the molecule is CC(CO)(NCc1nccs1)c1ccccc1. The minimum atomic E-state index is -0.424. The summed E-state index contributed by atoms with van der Waals surface area (Å²) >= 11 is 1.61. The highest BCUT2D eigenvalue weighted by Crippen LogP contribution is 2.20. The van der Waals surface area contributed by atoms with E-state index in [4.69, 9.17) is 0 Å². The van der Waals surface area contributed by atoms with Gasteiger partial charge in [-0.15, -0.1) is 11.3 Å². The lowest BCUT2D eigenvalue weighted by atomic mass is 9.93. The molecule has 1 aromatic carbocycles. The Bertz CT molecular complexity index is 444. The largest absolute Gasteiger partial charge is 0.394 e. The van der Waals surface area contributed by atoms with Crippen molar-refractivity contribution in [2.45, 2.75) is 19.0 Å². The minimum absolute atomic E-state index is 0.0579. The molecule has 0 aliphatic heterocycles. The molecule has 0 fully saturated rings. The topological polar surface area (TPSA) is 45.1 Å². The van der Waals surface area contributed by atoms with E-state index in [-0.39, 0.29) is 6.61 Å². The van der Waals surface area contributed by atoms with Crippen LogP contribution in [0, 0.1) is 0 Å². The van der Waals surface area contributed by atoms with Gasteiger partial charge in [-0.2, -0.15) is 0 Å². The number of nitrogens with zero attached hydrogens (tertiary/aromatic N) is 1. The number of hydrogen-bond acceptors (Lipinski definition) is 4. The van der Waals surface area contributed by atoms with Crippen molar-refractivity contribution in [3.63, 3.8) is 0 Å². The number of aliphatic hydroxyl groups excluding tert-OH is 1. The Kier molecular flexibility index (Phi) is 3.89. The zero-order valence-corrected chi connectivity index (χ0v) is 10.6. The van der Waals surface area contributed by atoms with Gasteiger partial charge in [0, 0.05) is 18.1 Å². The standard InChI is InChI=1S/C13H16N2OS/c1-13(10-16,11-5-3-2-4-6-11)15-9-12-14-7-8-17-12/h2-8,15-16H,9-10H2,1H3. The van der Waals surface area contributed by atoms with Crippen molar-refractivity contribution in [3.05, 3.63) is 52.5 Å². The van der Waals surface area contributed by atoms with Crippen LogP contribution in [0.1, 0.15) is 17.5 Å². The molecule has 1 atom stereocenters. The van der Waals surface area contributed by atoms with Gasteiger partial charge in [0.15, 0.2) is 0 Å². The van der Waals surface area contributed by atoms with Crippen molar-refractivity contribution in [1.82, 2.24) is 10.3 Å². The Morgan fingerprint density at radius 3 is 2.71 bits per heavy atom. The number of hydrogen-bond donors (Lipinski definition) is 2. The Morgan fingerprint density at radius 1 is 1.35 bits per heavy atom. The van der Waals surface area contributed by atoms with E-state index < -0.39 is 5.54 Å². The molecule has 1 aromatic heterocycles. The van der Waals surface area contributed by atoms with Crippen molar-refractivity contribution in [2.24, 2.45) is 0 Å². The maximum atomic E-state index is 9.59. The molecule has 90 valence electrons. The number of aromatic nitrogens is 1. The van der Waals surface area contributed by atoms with Gasteiger partial charge >= 0.3 is 0 Å². The van der Waals surface area contributed by atoms with E-state index in [1.165, 1.54) is 0 Å². The Morgan fingerprint density at radius 2 is 2.12 bits per heavy atom. The molecule has 0 amide bonds. The van der Waals surface area contributed by atoms with Gasteiger partial charge in [-0.25, -0.2) is 4.98 Å². The quantitative estimate of drug-likeness (QED) is 0.852. The van der Waals surface area contributed by atoms with Crippen LogP contribution in [-0.2, 0) is 12.1 Å². The molecular weight excluding hydrogens is 232 g/mol. The molecule has 0 saturated heterocycles. The van der Waals surface area contributed by atoms with Crippen molar-refractivity contribution < 1.29 is 5.11 Å². The predicted molar refractivity (Wildman–Crippen MR) is 69.8 cm³/mol. The second-order valence-corrected chi connectivity index (χ2v) is 5.11. The van der Waals surface area contributed by atoms with Crippen LogP contribution >= 0.6 is 11.3 Å². The maximum Gasteiger partial charge on any atom is 0.106 e. The molecule has 3 nitrogen and oxygen atoms in total. The molecular formula is C13H16N2OS. The molecule has 0 bridgehead atoms. The zero-order valence-electron chi connectivity index (χ0n) is 9.76. The van der Waals surface area contributed by atoms with E-state index in [1.54, 1.807) is 17.5 Å². The van der Waals surface area contributed by atoms with E-state index in [0.717, 1.165) is 10.6 Å². The summed E-state index contributed by atoms with van der Waals surface area (Å²) in [6.45, 7) is 2.72. The third-order valence-electron chi connectivity index (χ3n) is 2.84. The van der Waals surface area contributed by atoms with Crippen LogP contribution in [0.25, 0.3) is 0 Å². The third kappa shape index (κ3) is 2.91. The summed E-state index contributed by atoms with van der Waals surface area (Å²) < 4.78 is 0. The van der Waals surface area contributed by atoms with Crippen LogP contribution in [0.15, 0.2) is 41.9 Å². The predicted octanol–water partition coefficient (Wildman–Crippen LogP) is 2.14. The first-order valence-corrected chi connectivity index (χ1v) is 6.42. The summed E-state index contributed by atoms with van der Waals surface area (Å²) in [5, 5.41) is 15.9. The van der Waals surface area contributed by atoms with Crippen LogP contribution in [0.3, 0.4) is 0 Å². The van der Waals surface area contributed by atoms with E-state index in [9.17, 15) is 5.11 Å². The van der Waals surface area contributed by atoms with Crippen LogP contribution in [-0.4, -0.2) is 16.7 Å². The number of nitrogens with one attached hydrogen (secondary N) is 1. The fourth-order valence-corrected chi connectivity index (χ4v) is 2.22. The number of benzene rings is 1. The van der Waals surface area contributed by atoms with Gasteiger partial charge in [-0.1, -0.05) is 30.3 Å². The molecule has 2 rings (SSSR count). The summed E-state index contributed by atoms with van der Waals surface area (Å²) in [6.07, 6.45) is 1.79. The monoisotopic (exact) mass is 248 g/mol. The van der Waals surface area contributed by atoms with Gasteiger partial charge in [0.25, 0.3) is 0 Å². The van der Waals surface area contributed by atoms with Crippen LogP contribution in [0.5, 0.6) is 0 Å². The first-order valence-electron chi connectivity index (χ1n) is 5.54. The molecule has 4 heteroatoms. The molecule has 0 radical (unpaired) electrons. The number of rotatable bonds is 5. The maximum absolute atomic E-state index is 9.59. The highest BCUT2D eigenvalue weighted by molar-refractivity contribution is 7.09. The Labute approximate surface area is 105 Å². The van der Waals surface area contributed by atoms with E-state index in [2.05, 4.69) is 10.3 Å². The highest BCUT2D eigenvalue weighted by Gasteiger charge is 2.24. The average Bonchev–Trinajstić information content (AvgIpc) is 2.90. The summed E-state index contributed by atoms with van der Waals surface area (Å²) in [4.78, 5) is 4.22. The minimum Gasteiger partial charge on any atom is -0.394 e. The average molecular weight is 248 g/mol. The smallest absolute Gasteiger partial charge is 0.106 e. The van der Waals surface area contributed by atoms with Crippen molar-refractivity contribution in [2.75, 3.05) is 6.61 Å². The Hall–Kier alpha value is -1.23. The second-order valence-electron chi connectivity index (χ2n) is 4.14. The zero-order chi connectivity index (χ0) is 12.1. The number of thiazole rings is 1. The fourth-order valence-electron chi connectivity index (χ4n) is 1.67. The molecule has 1 heterocycles. The molecule has 1 unspecified atom stereocenters. The molecule has 2 N–H and O–H groups in total. The summed E-state index contributed by atoms with van der Waals surface area (Å²) in [5.41, 5.74) is 0.659. The summed E-state index contributed by atoms with van der Waals surface area (Å²) in [6, 6.07) is 9.97. The lowest BCUT2D eigenvalue weighted by Gasteiger charge is -2.29. The summed E-state index contributed by atoms with van der Waals surface area (Å²) in [7, 11) is 0. The highest BCUT2D eigenvalue weighted by atomic mass is 32.1. The van der Waals surface area contributed by atoms with Gasteiger partial charge in [0.05, 0.1) is 12.1 Å². The molecule has 0 aliphatic carbocycles. The first kappa shape index (κ1) is 12.2. The van der Waals surface area contributed by atoms with Crippen LogP contribution in [0.2, 0.25) is 0 Å². The molecule has 0 saturated carbocycles. The fraction of sp³-hybridized carbons (Fsp3) is 0.308. The molecule has 17 heavy (non-hydrogen) atoms. The Balaban J connectivity index is 2.09. The van der Waals surface area contributed by atoms with E-state index >= 15 is 0 Å². The molecule has 2 aromatic rings. The molecule has 0 spiro atoms. The van der Waals surface area contributed by atoms with E-state index in [1.807, 2.05) is 42.6 Å². The van der Waals surface area contributed by atoms with Crippen molar-refractivity contribution >= 4 is 11.3 Å². The van der Waals surface area contributed by atoms with Gasteiger partial charge in [0.2, 0.25) is 0 Å². The van der Waals surface area contributed by atoms with Crippen LogP contribution in [0.4, 0.5) is 0 Å².